The molecule has 1 aliphatic rings. The molecule has 1 N–H and O–H groups in total. The summed E-state index contributed by atoms with van der Waals surface area (Å²) < 4.78 is 14.8. The van der Waals surface area contributed by atoms with Gasteiger partial charge in [-0.15, -0.1) is 0 Å². The second-order valence-corrected chi connectivity index (χ2v) is 6.71. The van der Waals surface area contributed by atoms with Crippen LogP contribution in [0.2, 0.25) is 0 Å². The van der Waals surface area contributed by atoms with Gasteiger partial charge in [0.1, 0.15) is 5.82 Å². The first-order valence-corrected chi connectivity index (χ1v) is 8.48. The fourth-order valence-corrected chi connectivity index (χ4v) is 3.15. The van der Waals surface area contributed by atoms with Crippen molar-refractivity contribution in [3.63, 3.8) is 0 Å². The molecule has 2 nitrogen and oxygen atoms in total. The quantitative estimate of drug-likeness (QED) is 0.850. The summed E-state index contributed by atoms with van der Waals surface area (Å²) in [5.74, 6) is -0.0994. The molecule has 0 atom stereocenters. The van der Waals surface area contributed by atoms with Gasteiger partial charge in [0, 0.05) is 41.4 Å². The number of hydrogen-bond donors (Lipinski definition) is 1. The van der Waals surface area contributed by atoms with Gasteiger partial charge in [0.25, 0.3) is 0 Å². The zero-order valence-corrected chi connectivity index (χ0v) is 14.0. The van der Waals surface area contributed by atoms with Gasteiger partial charge in [-0.1, -0.05) is 34.1 Å². The second kappa shape index (κ2) is 7.25. The summed E-state index contributed by atoms with van der Waals surface area (Å²) in [5.41, 5.74) is 1.96. The van der Waals surface area contributed by atoms with Crippen LogP contribution in [0.3, 0.4) is 0 Å². The summed E-state index contributed by atoms with van der Waals surface area (Å²) in [6.07, 6.45) is 2.18. The largest absolute Gasteiger partial charge is 0.382 e. The average Bonchev–Trinajstić information content (AvgIpc) is 2.54. The number of piperidine rings is 1. The molecule has 0 aromatic heterocycles. The normalized spacial score (nSPS) is 16.6. The Morgan fingerprint density at radius 3 is 2.41 bits per heavy atom. The maximum absolute atomic E-state index is 13.7. The van der Waals surface area contributed by atoms with Crippen molar-refractivity contribution in [2.75, 3.05) is 18.4 Å². The molecule has 1 saturated heterocycles. The first kappa shape index (κ1) is 15.5. The van der Waals surface area contributed by atoms with Gasteiger partial charge in [-0.2, -0.15) is 0 Å². The van der Waals surface area contributed by atoms with Crippen LogP contribution >= 0.6 is 15.9 Å². The van der Waals surface area contributed by atoms with Gasteiger partial charge in [0.05, 0.1) is 0 Å². The van der Waals surface area contributed by atoms with E-state index in [9.17, 15) is 4.39 Å². The molecule has 116 valence electrons. The number of nitrogens with one attached hydrogen (secondary N) is 1. The highest BCUT2D eigenvalue weighted by Gasteiger charge is 2.19. The third-order valence-corrected chi connectivity index (χ3v) is 4.68. The highest BCUT2D eigenvalue weighted by Crippen LogP contribution is 2.20. The van der Waals surface area contributed by atoms with Crippen LogP contribution in [-0.2, 0) is 6.54 Å². The third kappa shape index (κ3) is 4.08. The minimum Gasteiger partial charge on any atom is -0.382 e. The van der Waals surface area contributed by atoms with E-state index in [0.29, 0.717) is 12.6 Å². The van der Waals surface area contributed by atoms with Crippen molar-refractivity contribution in [3.05, 3.63) is 64.4 Å². The molecule has 2 aromatic carbocycles. The number of nitrogens with zero attached hydrogens (tertiary/aromatic N) is 1. The Bertz CT molecular complexity index is 607. The lowest BCUT2D eigenvalue weighted by Gasteiger charge is -2.33. The van der Waals surface area contributed by atoms with Crippen molar-refractivity contribution >= 4 is 21.6 Å². The molecule has 2 aromatic rings. The van der Waals surface area contributed by atoms with Gasteiger partial charge in [0.2, 0.25) is 0 Å². The van der Waals surface area contributed by atoms with Crippen LogP contribution in [0.1, 0.15) is 18.4 Å². The molecule has 0 radical (unpaired) electrons. The molecule has 3 rings (SSSR count). The summed E-state index contributed by atoms with van der Waals surface area (Å²) >= 11 is 3.45. The molecule has 0 amide bonds. The molecule has 0 saturated carbocycles. The van der Waals surface area contributed by atoms with Gasteiger partial charge in [-0.25, -0.2) is 4.39 Å². The number of benzene rings is 2. The van der Waals surface area contributed by atoms with E-state index < -0.39 is 0 Å². The molecule has 22 heavy (non-hydrogen) atoms. The summed E-state index contributed by atoms with van der Waals surface area (Å²) in [7, 11) is 0. The van der Waals surface area contributed by atoms with E-state index in [4.69, 9.17) is 0 Å². The number of halogens is 2. The van der Waals surface area contributed by atoms with Gasteiger partial charge in [0.15, 0.2) is 0 Å². The zero-order chi connectivity index (χ0) is 15.4. The molecule has 0 bridgehead atoms. The standard InChI is InChI=1S/C18H20BrFN2/c19-15-5-7-16(8-6-15)21-17-9-11-22(12-10-17)13-14-3-1-2-4-18(14)20/h1-8,17,21H,9-13H2. The third-order valence-electron chi connectivity index (χ3n) is 4.15. The van der Waals surface area contributed by atoms with Gasteiger partial charge in [-0.05, 0) is 43.2 Å². The highest BCUT2D eigenvalue weighted by atomic mass is 79.9. The summed E-state index contributed by atoms with van der Waals surface area (Å²) in [6, 6.07) is 15.8. The van der Waals surface area contributed by atoms with Crippen LogP contribution in [0.25, 0.3) is 0 Å². The Morgan fingerprint density at radius 2 is 1.73 bits per heavy atom. The highest BCUT2D eigenvalue weighted by molar-refractivity contribution is 9.10. The van der Waals surface area contributed by atoms with Crippen LogP contribution in [0, 0.1) is 5.82 Å². The molecule has 4 heteroatoms. The first-order chi connectivity index (χ1) is 10.7. The molecule has 1 heterocycles. The number of rotatable bonds is 4. The van der Waals surface area contributed by atoms with Crippen molar-refractivity contribution in [1.29, 1.82) is 0 Å². The van der Waals surface area contributed by atoms with Crippen LogP contribution in [0.5, 0.6) is 0 Å². The predicted molar refractivity (Wildman–Crippen MR) is 92.5 cm³/mol. The van der Waals surface area contributed by atoms with Crippen molar-refractivity contribution < 1.29 is 4.39 Å². The number of hydrogen-bond acceptors (Lipinski definition) is 2. The molecule has 0 spiro atoms. The molecule has 0 unspecified atom stereocenters. The second-order valence-electron chi connectivity index (χ2n) is 5.79. The zero-order valence-electron chi connectivity index (χ0n) is 12.4. The monoisotopic (exact) mass is 362 g/mol. The van der Waals surface area contributed by atoms with Gasteiger partial charge in [-0.3, -0.25) is 4.90 Å². The van der Waals surface area contributed by atoms with Crippen molar-refractivity contribution in [3.8, 4) is 0 Å². The van der Waals surface area contributed by atoms with Crippen LogP contribution in [0.15, 0.2) is 53.0 Å². The maximum atomic E-state index is 13.7. The van der Waals surface area contributed by atoms with E-state index in [1.807, 2.05) is 12.1 Å². The average molecular weight is 363 g/mol. The minimum atomic E-state index is -0.0994. The van der Waals surface area contributed by atoms with Gasteiger partial charge >= 0.3 is 0 Å². The van der Waals surface area contributed by atoms with Crippen molar-refractivity contribution in [1.82, 2.24) is 4.90 Å². The molecule has 1 aliphatic heterocycles. The van der Waals surface area contributed by atoms with E-state index >= 15 is 0 Å². The lowest BCUT2D eigenvalue weighted by atomic mass is 10.0. The van der Waals surface area contributed by atoms with E-state index in [1.54, 1.807) is 6.07 Å². The fraction of sp³-hybridized carbons (Fsp3) is 0.333. The lowest BCUT2D eigenvalue weighted by Crippen LogP contribution is -2.38. The molecule has 1 fully saturated rings. The van der Waals surface area contributed by atoms with E-state index in [-0.39, 0.29) is 5.82 Å². The lowest BCUT2D eigenvalue weighted by molar-refractivity contribution is 0.209. The Hall–Kier alpha value is -1.39. The Morgan fingerprint density at radius 1 is 1.05 bits per heavy atom. The minimum absolute atomic E-state index is 0.0994. The van der Waals surface area contributed by atoms with Crippen LogP contribution < -0.4 is 5.32 Å². The Kier molecular flexibility index (Phi) is 5.11. The molecular weight excluding hydrogens is 343 g/mol. The number of likely N-dealkylation sites (tertiary alicyclic amines) is 1. The number of anilines is 1. The Balaban J connectivity index is 1.50. The fourth-order valence-electron chi connectivity index (χ4n) is 2.88. The topological polar surface area (TPSA) is 15.3 Å². The molecule has 0 aliphatic carbocycles. The van der Waals surface area contributed by atoms with E-state index in [1.165, 1.54) is 6.07 Å². The SMILES string of the molecule is Fc1ccccc1CN1CCC(Nc2ccc(Br)cc2)CC1. The van der Waals surface area contributed by atoms with Crippen molar-refractivity contribution in [2.24, 2.45) is 0 Å². The summed E-state index contributed by atoms with van der Waals surface area (Å²) in [4.78, 5) is 2.33. The predicted octanol–water partition coefficient (Wildman–Crippen LogP) is 4.66. The Labute approximate surface area is 139 Å². The first-order valence-electron chi connectivity index (χ1n) is 7.68. The smallest absolute Gasteiger partial charge is 0.127 e. The summed E-state index contributed by atoms with van der Waals surface area (Å²) in [5, 5.41) is 3.58. The maximum Gasteiger partial charge on any atom is 0.127 e. The van der Waals surface area contributed by atoms with Crippen molar-refractivity contribution in [2.45, 2.75) is 25.4 Å². The summed E-state index contributed by atoms with van der Waals surface area (Å²) in [6.45, 7) is 2.71. The molecular formula is C18H20BrFN2. The van der Waals surface area contributed by atoms with Crippen LogP contribution in [-0.4, -0.2) is 24.0 Å². The van der Waals surface area contributed by atoms with Crippen LogP contribution in [0.4, 0.5) is 10.1 Å². The van der Waals surface area contributed by atoms with E-state index in [0.717, 1.165) is 41.7 Å². The van der Waals surface area contributed by atoms with E-state index in [2.05, 4.69) is 50.4 Å². The van der Waals surface area contributed by atoms with Gasteiger partial charge < -0.3 is 5.32 Å².